The molecule has 0 unspecified atom stereocenters. The first-order valence-corrected chi connectivity index (χ1v) is 9.44. The van der Waals surface area contributed by atoms with Crippen LogP contribution >= 0.6 is 11.3 Å². The van der Waals surface area contributed by atoms with E-state index in [-0.39, 0.29) is 5.91 Å². The summed E-state index contributed by atoms with van der Waals surface area (Å²) >= 11 is 1.62. The molecule has 0 aliphatic carbocycles. The Morgan fingerprint density at radius 1 is 1.04 bits per heavy atom. The predicted molar refractivity (Wildman–Crippen MR) is 110 cm³/mol. The van der Waals surface area contributed by atoms with Gasteiger partial charge < -0.3 is 10.1 Å². The number of rotatable bonds is 5. The van der Waals surface area contributed by atoms with Gasteiger partial charge in [0.2, 0.25) is 0 Å². The van der Waals surface area contributed by atoms with E-state index < -0.39 is 0 Å². The molecule has 1 N–H and O–H groups in total. The first-order chi connectivity index (χ1) is 13.2. The van der Waals surface area contributed by atoms with Gasteiger partial charge >= 0.3 is 0 Å². The zero-order chi connectivity index (χ0) is 18.6. The third kappa shape index (κ3) is 4.15. The summed E-state index contributed by atoms with van der Waals surface area (Å²) in [7, 11) is 0. The zero-order valence-corrected chi connectivity index (χ0v) is 15.6. The molecule has 3 aromatic carbocycles. The molecule has 0 bridgehead atoms. The molecule has 0 aliphatic rings. The van der Waals surface area contributed by atoms with Gasteiger partial charge in [-0.2, -0.15) is 0 Å². The van der Waals surface area contributed by atoms with E-state index in [4.69, 9.17) is 4.74 Å². The standard InChI is InChI=1S/C22H18N2O2S/c1-15-23-20-12-11-18(13-21(20)27-15)24-22(25)17-9-7-16(8-10-17)14-26-19-5-3-2-4-6-19/h2-13H,14H2,1H3,(H,24,25). The van der Waals surface area contributed by atoms with E-state index in [9.17, 15) is 4.79 Å². The first kappa shape index (κ1) is 17.2. The van der Waals surface area contributed by atoms with Gasteiger partial charge in [0.05, 0.1) is 15.2 Å². The molecular weight excluding hydrogens is 356 g/mol. The minimum Gasteiger partial charge on any atom is -0.489 e. The highest BCUT2D eigenvalue weighted by atomic mass is 32.1. The molecular formula is C22H18N2O2S. The molecule has 0 aliphatic heterocycles. The van der Waals surface area contributed by atoms with Crippen LogP contribution in [0.25, 0.3) is 10.2 Å². The number of ether oxygens (including phenoxy) is 1. The number of thiazole rings is 1. The van der Waals surface area contributed by atoms with E-state index in [1.807, 2.05) is 79.7 Å². The van der Waals surface area contributed by atoms with E-state index in [0.29, 0.717) is 12.2 Å². The van der Waals surface area contributed by atoms with Crippen LogP contribution in [0, 0.1) is 6.92 Å². The highest BCUT2D eigenvalue weighted by molar-refractivity contribution is 7.18. The second-order valence-electron chi connectivity index (χ2n) is 6.17. The number of aryl methyl sites for hydroxylation is 1. The summed E-state index contributed by atoms with van der Waals surface area (Å²) in [4.78, 5) is 16.9. The largest absolute Gasteiger partial charge is 0.489 e. The monoisotopic (exact) mass is 374 g/mol. The van der Waals surface area contributed by atoms with Crippen molar-refractivity contribution >= 4 is 33.1 Å². The second-order valence-corrected chi connectivity index (χ2v) is 7.40. The van der Waals surface area contributed by atoms with Crippen molar-refractivity contribution in [3.8, 4) is 5.75 Å². The molecule has 0 fully saturated rings. The Morgan fingerprint density at radius 3 is 2.59 bits per heavy atom. The van der Waals surface area contributed by atoms with Gasteiger partial charge in [-0.1, -0.05) is 30.3 Å². The highest BCUT2D eigenvalue weighted by Gasteiger charge is 2.08. The quantitative estimate of drug-likeness (QED) is 0.506. The minimum absolute atomic E-state index is 0.133. The Kier molecular flexibility index (Phi) is 4.85. The van der Waals surface area contributed by atoms with E-state index in [2.05, 4.69) is 10.3 Å². The lowest BCUT2D eigenvalue weighted by Crippen LogP contribution is -2.11. The van der Waals surface area contributed by atoms with Crippen LogP contribution in [-0.2, 0) is 6.61 Å². The van der Waals surface area contributed by atoms with E-state index in [1.54, 1.807) is 11.3 Å². The van der Waals surface area contributed by atoms with Crippen LogP contribution < -0.4 is 10.1 Å². The number of hydrogen-bond donors (Lipinski definition) is 1. The van der Waals surface area contributed by atoms with Crippen molar-refractivity contribution in [1.82, 2.24) is 4.98 Å². The maximum Gasteiger partial charge on any atom is 0.255 e. The van der Waals surface area contributed by atoms with Crippen LogP contribution in [0.15, 0.2) is 72.8 Å². The molecule has 0 radical (unpaired) electrons. The number of para-hydroxylation sites is 1. The lowest BCUT2D eigenvalue weighted by atomic mass is 10.1. The summed E-state index contributed by atoms with van der Waals surface area (Å²) < 4.78 is 6.79. The summed E-state index contributed by atoms with van der Waals surface area (Å²) in [5.41, 5.74) is 3.35. The van der Waals surface area contributed by atoms with E-state index in [0.717, 1.165) is 32.2 Å². The molecule has 1 amide bonds. The van der Waals surface area contributed by atoms with Gasteiger partial charge in [0, 0.05) is 11.3 Å². The second kappa shape index (κ2) is 7.60. The molecule has 0 saturated heterocycles. The van der Waals surface area contributed by atoms with Crippen molar-refractivity contribution in [2.24, 2.45) is 0 Å². The van der Waals surface area contributed by atoms with Gasteiger partial charge in [0.1, 0.15) is 12.4 Å². The number of aromatic nitrogens is 1. The van der Waals surface area contributed by atoms with E-state index in [1.165, 1.54) is 0 Å². The predicted octanol–water partition coefficient (Wildman–Crippen LogP) is 5.44. The summed E-state index contributed by atoms with van der Waals surface area (Å²) in [5, 5.41) is 3.96. The Hall–Kier alpha value is -3.18. The van der Waals surface area contributed by atoms with Crippen molar-refractivity contribution in [2.75, 3.05) is 5.32 Å². The number of hydrogen-bond acceptors (Lipinski definition) is 4. The fourth-order valence-corrected chi connectivity index (χ4v) is 3.62. The Bertz CT molecular complexity index is 1070. The first-order valence-electron chi connectivity index (χ1n) is 8.63. The van der Waals surface area contributed by atoms with Crippen molar-refractivity contribution in [3.05, 3.63) is 88.9 Å². The summed E-state index contributed by atoms with van der Waals surface area (Å²) in [6.07, 6.45) is 0. The fourth-order valence-electron chi connectivity index (χ4n) is 2.76. The molecule has 1 heterocycles. The maximum atomic E-state index is 12.5. The van der Waals surface area contributed by atoms with Crippen molar-refractivity contribution in [3.63, 3.8) is 0 Å². The van der Waals surface area contributed by atoms with Gasteiger partial charge in [0.25, 0.3) is 5.91 Å². The number of nitrogens with one attached hydrogen (secondary N) is 1. The zero-order valence-electron chi connectivity index (χ0n) is 14.8. The van der Waals surface area contributed by atoms with Crippen LogP contribution in [0.5, 0.6) is 5.75 Å². The molecule has 5 heteroatoms. The molecule has 134 valence electrons. The molecule has 1 aromatic heterocycles. The Balaban J connectivity index is 1.40. The van der Waals surface area contributed by atoms with Crippen LogP contribution in [0.2, 0.25) is 0 Å². The fraction of sp³-hybridized carbons (Fsp3) is 0.0909. The minimum atomic E-state index is -0.133. The van der Waals surface area contributed by atoms with Crippen LogP contribution in [-0.4, -0.2) is 10.9 Å². The number of amides is 1. The number of anilines is 1. The van der Waals surface area contributed by atoms with Crippen molar-refractivity contribution < 1.29 is 9.53 Å². The highest BCUT2D eigenvalue weighted by Crippen LogP contribution is 2.25. The third-order valence-corrected chi connectivity index (χ3v) is 5.05. The molecule has 27 heavy (non-hydrogen) atoms. The SMILES string of the molecule is Cc1nc2ccc(NC(=O)c3ccc(COc4ccccc4)cc3)cc2s1. The van der Waals surface area contributed by atoms with Crippen molar-refractivity contribution in [1.29, 1.82) is 0 Å². The molecule has 0 saturated carbocycles. The summed E-state index contributed by atoms with van der Waals surface area (Å²) in [5.74, 6) is 0.694. The number of carbonyl (C=O) groups excluding carboxylic acids is 1. The topological polar surface area (TPSA) is 51.2 Å². The number of fused-ring (bicyclic) bond motifs is 1. The number of nitrogens with zero attached hydrogens (tertiary/aromatic N) is 1. The van der Waals surface area contributed by atoms with Crippen LogP contribution in [0.1, 0.15) is 20.9 Å². The summed E-state index contributed by atoms with van der Waals surface area (Å²) in [6.45, 7) is 2.44. The number of carbonyl (C=O) groups is 1. The van der Waals surface area contributed by atoms with Gasteiger partial charge in [-0.05, 0) is 55.0 Å². The maximum absolute atomic E-state index is 12.5. The van der Waals surface area contributed by atoms with Crippen LogP contribution in [0.3, 0.4) is 0 Å². The molecule has 4 rings (SSSR count). The van der Waals surface area contributed by atoms with E-state index >= 15 is 0 Å². The van der Waals surface area contributed by atoms with Crippen LogP contribution in [0.4, 0.5) is 5.69 Å². The van der Waals surface area contributed by atoms with Gasteiger partial charge in [-0.3, -0.25) is 4.79 Å². The average Bonchev–Trinajstić information content (AvgIpc) is 3.07. The molecule has 0 atom stereocenters. The molecule has 4 aromatic rings. The lowest BCUT2D eigenvalue weighted by Gasteiger charge is -2.08. The van der Waals surface area contributed by atoms with Gasteiger partial charge in [0.15, 0.2) is 0 Å². The Labute approximate surface area is 161 Å². The van der Waals surface area contributed by atoms with Gasteiger partial charge in [-0.15, -0.1) is 11.3 Å². The van der Waals surface area contributed by atoms with Crippen molar-refractivity contribution in [2.45, 2.75) is 13.5 Å². The molecule has 0 spiro atoms. The Morgan fingerprint density at radius 2 is 1.81 bits per heavy atom. The summed E-state index contributed by atoms with van der Waals surface area (Å²) in [6, 6.07) is 22.9. The normalized spacial score (nSPS) is 10.7. The lowest BCUT2D eigenvalue weighted by molar-refractivity contribution is 0.102. The van der Waals surface area contributed by atoms with Gasteiger partial charge in [-0.25, -0.2) is 4.98 Å². The third-order valence-electron chi connectivity index (χ3n) is 4.12. The number of benzene rings is 3. The average molecular weight is 374 g/mol. The molecule has 4 nitrogen and oxygen atoms in total. The smallest absolute Gasteiger partial charge is 0.255 e.